The molecule has 0 aromatic carbocycles. The van der Waals surface area contributed by atoms with Crippen LogP contribution in [0.4, 0.5) is 0 Å². The van der Waals surface area contributed by atoms with Crippen LogP contribution in [0.3, 0.4) is 0 Å². The minimum absolute atomic E-state index is 0.250. The van der Waals surface area contributed by atoms with Crippen molar-refractivity contribution in [1.82, 2.24) is 5.32 Å². The molecule has 1 saturated heterocycles. The second-order valence-electron chi connectivity index (χ2n) is 3.32. The van der Waals surface area contributed by atoms with Crippen LogP contribution in [0.15, 0.2) is 22.8 Å². The van der Waals surface area contributed by atoms with Gasteiger partial charge in [-0.05, 0) is 26.0 Å². The van der Waals surface area contributed by atoms with Crippen LogP contribution in [0, 0.1) is 0 Å². The van der Waals surface area contributed by atoms with Crippen LogP contribution in [0.25, 0.3) is 0 Å². The Balaban J connectivity index is 2.23. The molecule has 0 saturated carbocycles. The molecule has 0 amide bonds. The number of nitrogens with one attached hydrogen (secondary N) is 1. The lowest BCUT2D eigenvalue weighted by Gasteiger charge is -2.21. The Morgan fingerprint density at radius 3 is 3.00 bits per heavy atom. The first-order valence-electron chi connectivity index (χ1n) is 4.17. The van der Waals surface area contributed by atoms with Gasteiger partial charge in [-0.15, -0.1) is 0 Å². The van der Waals surface area contributed by atoms with Gasteiger partial charge in [0, 0.05) is 6.54 Å². The van der Waals surface area contributed by atoms with Crippen LogP contribution in [0.2, 0.25) is 0 Å². The highest BCUT2D eigenvalue weighted by Crippen LogP contribution is 2.28. The monoisotopic (exact) mass is 167 g/mol. The predicted octanol–water partition coefficient (Wildman–Crippen LogP) is 1.46. The van der Waals surface area contributed by atoms with Crippen molar-refractivity contribution in [1.29, 1.82) is 0 Å². The van der Waals surface area contributed by atoms with Gasteiger partial charge in [0.15, 0.2) is 5.72 Å². The lowest BCUT2D eigenvalue weighted by Crippen LogP contribution is -2.33. The molecule has 0 bridgehead atoms. The summed E-state index contributed by atoms with van der Waals surface area (Å²) in [5, 5.41) is 3.27. The van der Waals surface area contributed by atoms with Gasteiger partial charge >= 0.3 is 0 Å². The lowest BCUT2D eigenvalue weighted by molar-refractivity contribution is -0.0488. The van der Waals surface area contributed by atoms with E-state index in [1.807, 2.05) is 26.0 Å². The molecule has 2 atom stereocenters. The van der Waals surface area contributed by atoms with Crippen molar-refractivity contribution in [3.8, 4) is 0 Å². The van der Waals surface area contributed by atoms with Crippen LogP contribution in [0.5, 0.6) is 0 Å². The molecule has 1 aromatic rings. The Morgan fingerprint density at radius 2 is 2.50 bits per heavy atom. The van der Waals surface area contributed by atoms with Gasteiger partial charge in [-0.3, -0.25) is 5.32 Å². The molecule has 2 unspecified atom stereocenters. The van der Waals surface area contributed by atoms with Crippen molar-refractivity contribution >= 4 is 0 Å². The zero-order valence-corrected chi connectivity index (χ0v) is 7.33. The minimum atomic E-state index is -0.428. The summed E-state index contributed by atoms with van der Waals surface area (Å²) >= 11 is 0. The predicted molar refractivity (Wildman–Crippen MR) is 44.6 cm³/mol. The van der Waals surface area contributed by atoms with Gasteiger partial charge in [0.1, 0.15) is 5.76 Å². The fraction of sp³-hybridized carbons (Fsp3) is 0.556. The third-order valence-electron chi connectivity index (χ3n) is 2.16. The van der Waals surface area contributed by atoms with Gasteiger partial charge in [0.25, 0.3) is 0 Å². The van der Waals surface area contributed by atoms with E-state index in [4.69, 9.17) is 9.15 Å². The SMILES string of the molecule is CC1CNC(C)(c2ccco2)O1. The van der Waals surface area contributed by atoms with Crippen LogP contribution < -0.4 is 5.32 Å². The Morgan fingerprint density at radius 1 is 1.67 bits per heavy atom. The number of ether oxygens (including phenoxy) is 1. The van der Waals surface area contributed by atoms with E-state index in [2.05, 4.69) is 5.32 Å². The molecule has 1 aromatic heterocycles. The molecule has 3 heteroatoms. The molecule has 0 spiro atoms. The highest BCUT2D eigenvalue weighted by atomic mass is 16.5. The molecule has 1 fully saturated rings. The largest absolute Gasteiger partial charge is 0.465 e. The smallest absolute Gasteiger partial charge is 0.175 e. The minimum Gasteiger partial charge on any atom is -0.465 e. The maximum absolute atomic E-state index is 5.69. The zero-order valence-electron chi connectivity index (χ0n) is 7.33. The molecular weight excluding hydrogens is 154 g/mol. The van der Waals surface area contributed by atoms with Crippen LogP contribution in [-0.2, 0) is 10.5 Å². The summed E-state index contributed by atoms with van der Waals surface area (Å²) in [4.78, 5) is 0. The first-order valence-corrected chi connectivity index (χ1v) is 4.17. The fourth-order valence-corrected chi connectivity index (χ4v) is 1.52. The maximum atomic E-state index is 5.69. The van der Waals surface area contributed by atoms with Crippen LogP contribution in [-0.4, -0.2) is 12.6 Å². The molecule has 66 valence electrons. The molecule has 0 aliphatic carbocycles. The van der Waals surface area contributed by atoms with Gasteiger partial charge in [0.05, 0.1) is 12.4 Å². The average molecular weight is 167 g/mol. The highest BCUT2D eigenvalue weighted by molar-refractivity contribution is 5.09. The van der Waals surface area contributed by atoms with Crippen molar-refractivity contribution in [2.75, 3.05) is 6.54 Å². The van der Waals surface area contributed by atoms with E-state index in [0.29, 0.717) is 0 Å². The zero-order chi connectivity index (χ0) is 8.60. The Bertz CT molecular complexity index is 258. The molecule has 1 aliphatic rings. The van der Waals surface area contributed by atoms with E-state index in [9.17, 15) is 0 Å². The number of hydrogen-bond acceptors (Lipinski definition) is 3. The molecule has 1 aliphatic heterocycles. The second kappa shape index (κ2) is 2.61. The van der Waals surface area contributed by atoms with Crippen molar-refractivity contribution in [3.05, 3.63) is 24.2 Å². The van der Waals surface area contributed by atoms with E-state index in [0.717, 1.165) is 12.3 Å². The average Bonchev–Trinajstić information content (AvgIpc) is 2.59. The molecule has 12 heavy (non-hydrogen) atoms. The number of furan rings is 1. The number of rotatable bonds is 1. The summed E-state index contributed by atoms with van der Waals surface area (Å²) in [6.45, 7) is 4.90. The van der Waals surface area contributed by atoms with Crippen molar-refractivity contribution < 1.29 is 9.15 Å². The lowest BCUT2D eigenvalue weighted by atomic mass is 10.2. The van der Waals surface area contributed by atoms with E-state index >= 15 is 0 Å². The van der Waals surface area contributed by atoms with Gasteiger partial charge in [0.2, 0.25) is 0 Å². The quantitative estimate of drug-likeness (QED) is 0.687. The summed E-state index contributed by atoms with van der Waals surface area (Å²) in [7, 11) is 0. The third-order valence-corrected chi connectivity index (χ3v) is 2.16. The molecule has 2 rings (SSSR count). The molecule has 1 N–H and O–H groups in total. The summed E-state index contributed by atoms with van der Waals surface area (Å²) in [6.07, 6.45) is 1.91. The van der Waals surface area contributed by atoms with Crippen LogP contribution in [0.1, 0.15) is 19.6 Å². The second-order valence-corrected chi connectivity index (χ2v) is 3.32. The van der Waals surface area contributed by atoms with E-state index in [1.54, 1.807) is 6.26 Å². The summed E-state index contributed by atoms with van der Waals surface area (Å²) in [5.74, 6) is 0.840. The van der Waals surface area contributed by atoms with Crippen LogP contribution >= 0.6 is 0 Å². The summed E-state index contributed by atoms with van der Waals surface area (Å²) in [6, 6.07) is 3.79. The first kappa shape index (κ1) is 7.83. The van der Waals surface area contributed by atoms with Crippen molar-refractivity contribution in [2.24, 2.45) is 0 Å². The van der Waals surface area contributed by atoms with E-state index in [-0.39, 0.29) is 6.10 Å². The standard InChI is InChI=1S/C9H13NO2/c1-7-6-10-9(2,12-7)8-4-3-5-11-8/h3-5,7,10H,6H2,1-2H3. The van der Waals surface area contributed by atoms with Gasteiger partial charge in [-0.25, -0.2) is 0 Å². The molecule has 0 radical (unpaired) electrons. The molecule has 2 heterocycles. The van der Waals surface area contributed by atoms with Crippen molar-refractivity contribution in [2.45, 2.75) is 25.7 Å². The Kier molecular flexibility index (Phi) is 1.70. The Hall–Kier alpha value is -0.800. The summed E-state index contributed by atoms with van der Waals surface area (Å²) in [5.41, 5.74) is -0.428. The molecular formula is C9H13NO2. The van der Waals surface area contributed by atoms with Crippen molar-refractivity contribution in [3.63, 3.8) is 0 Å². The third kappa shape index (κ3) is 1.15. The van der Waals surface area contributed by atoms with E-state index < -0.39 is 5.72 Å². The maximum Gasteiger partial charge on any atom is 0.175 e. The fourth-order valence-electron chi connectivity index (χ4n) is 1.52. The van der Waals surface area contributed by atoms with Gasteiger partial charge < -0.3 is 9.15 Å². The topological polar surface area (TPSA) is 34.4 Å². The number of hydrogen-bond donors (Lipinski definition) is 1. The summed E-state index contributed by atoms with van der Waals surface area (Å²) < 4.78 is 11.0. The Labute approximate surface area is 71.7 Å². The van der Waals surface area contributed by atoms with Gasteiger partial charge in [-0.2, -0.15) is 0 Å². The highest BCUT2D eigenvalue weighted by Gasteiger charge is 2.37. The van der Waals surface area contributed by atoms with Gasteiger partial charge in [-0.1, -0.05) is 0 Å². The normalized spacial score (nSPS) is 35.7. The molecule has 3 nitrogen and oxygen atoms in total. The van der Waals surface area contributed by atoms with E-state index in [1.165, 1.54) is 0 Å². The first-order chi connectivity index (χ1) is 5.71.